The first-order valence-electron chi connectivity index (χ1n) is 3.94. The number of phenols is 2. The third-order valence-corrected chi connectivity index (χ3v) is 1.79. The molecule has 0 heterocycles. The van der Waals surface area contributed by atoms with E-state index in [-0.39, 0.29) is 46.5 Å². The predicted molar refractivity (Wildman–Crippen MR) is 55.6 cm³/mol. The minimum absolute atomic E-state index is 0. The molecule has 2 nitrogen and oxygen atoms in total. The Labute approximate surface area is 101 Å². The SMILES string of the molecule is CC(C)(C)c1cc(O)ccc1O.[NaH]. The van der Waals surface area contributed by atoms with Crippen molar-refractivity contribution in [2.24, 2.45) is 0 Å². The van der Waals surface area contributed by atoms with E-state index < -0.39 is 0 Å². The minimum atomic E-state index is -0.136. The number of aromatic hydroxyl groups is 2. The molecule has 13 heavy (non-hydrogen) atoms. The van der Waals surface area contributed by atoms with Gasteiger partial charge in [-0.2, -0.15) is 0 Å². The third kappa shape index (κ3) is 3.22. The number of phenolic OH excluding ortho intramolecular Hbond substituents is 2. The van der Waals surface area contributed by atoms with Crippen molar-refractivity contribution >= 4 is 29.6 Å². The second kappa shape index (κ2) is 4.36. The van der Waals surface area contributed by atoms with E-state index in [1.54, 1.807) is 6.07 Å². The molecule has 0 aliphatic carbocycles. The standard InChI is InChI=1S/C10H14O2.Na.H/c1-10(2,3)8-6-7(11)4-5-9(8)12;;/h4-6,11-12H,1-3H3;;. The van der Waals surface area contributed by atoms with Crippen LogP contribution in [0.3, 0.4) is 0 Å². The summed E-state index contributed by atoms with van der Waals surface area (Å²) in [5, 5.41) is 18.6. The van der Waals surface area contributed by atoms with Gasteiger partial charge in [0.15, 0.2) is 0 Å². The van der Waals surface area contributed by atoms with Gasteiger partial charge >= 0.3 is 29.6 Å². The average molecular weight is 190 g/mol. The molecule has 1 rings (SSSR count). The second-order valence-electron chi connectivity index (χ2n) is 3.95. The van der Waals surface area contributed by atoms with Crippen molar-refractivity contribution in [3.8, 4) is 11.5 Å². The number of hydrogen-bond donors (Lipinski definition) is 2. The first kappa shape index (κ1) is 12.8. The van der Waals surface area contributed by atoms with Crippen molar-refractivity contribution in [2.75, 3.05) is 0 Å². The van der Waals surface area contributed by atoms with Crippen molar-refractivity contribution in [3.63, 3.8) is 0 Å². The molecule has 0 atom stereocenters. The maximum absolute atomic E-state index is 9.46. The summed E-state index contributed by atoms with van der Waals surface area (Å²) in [5.74, 6) is 0.429. The van der Waals surface area contributed by atoms with Crippen molar-refractivity contribution in [3.05, 3.63) is 23.8 Å². The van der Waals surface area contributed by atoms with Gasteiger partial charge in [-0.1, -0.05) is 20.8 Å². The molecule has 0 amide bonds. The molecule has 68 valence electrons. The molecule has 2 N–H and O–H groups in total. The summed E-state index contributed by atoms with van der Waals surface area (Å²) in [7, 11) is 0. The molecule has 0 aliphatic rings. The first-order chi connectivity index (χ1) is 5.41. The van der Waals surface area contributed by atoms with E-state index in [1.165, 1.54) is 12.1 Å². The third-order valence-electron chi connectivity index (χ3n) is 1.79. The summed E-state index contributed by atoms with van der Waals surface area (Å²) in [6, 6.07) is 4.58. The Morgan fingerprint density at radius 2 is 1.62 bits per heavy atom. The molecule has 3 heteroatoms. The molecule has 0 aliphatic heterocycles. The topological polar surface area (TPSA) is 40.5 Å². The number of benzene rings is 1. The summed E-state index contributed by atoms with van der Waals surface area (Å²) in [6.45, 7) is 5.96. The summed E-state index contributed by atoms with van der Waals surface area (Å²) in [6.07, 6.45) is 0. The predicted octanol–water partition coefficient (Wildman–Crippen LogP) is 1.75. The molecule has 1 aromatic carbocycles. The summed E-state index contributed by atoms with van der Waals surface area (Å²) < 4.78 is 0. The molecule has 0 fully saturated rings. The zero-order chi connectivity index (χ0) is 9.35. The van der Waals surface area contributed by atoms with Gasteiger partial charge in [0.2, 0.25) is 0 Å². The van der Waals surface area contributed by atoms with Crippen molar-refractivity contribution < 1.29 is 10.2 Å². The Morgan fingerprint density at radius 3 is 2.00 bits per heavy atom. The van der Waals surface area contributed by atoms with Gasteiger partial charge in [0.05, 0.1) is 0 Å². The second-order valence-corrected chi connectivity index (χ2v) is 3.95. The first-order valence-corrected chi connectivity index (χ1v) is 3.94. The Balaban J connectivity index is 0.00000144. The van der Waals surface area contributed by atoms with Crippen molar-refractivity contribution in [1.82, 2.24) is 0 Å². The Kier molecular flexibility index (Phi) is 4.30. The fourth-order valence-electron chi connectivity index (χ4n) is 1.12. The fraction of sp³-hybridized carbons (Fsp3) is 0.400. The van der Waals surface area contributed by atoms with E-state index in [0.717, 1.165) is 5.56 Å². The summed E-state index contributed by atoms with van der Waals surface area (Å²) in [4.78, 5) is 0. The molecule has 0 aromatic heterocycles. The van der Waals surface area contributed by atoms with Crippen LogP contribution in [0.2, 0.25) is 0 Å². The molecule has 0 bridgehead atoms. The van der Waals surface area contributed by atoms with Gasteiger partial charge in [0.25, 0.3) is 0 Å². The van der Waals surface area contributed by atoms with E-state index in [0.29, 0.717) is 0 Å². The van der Waals surface area contributed by atoms with Crippen LogP contribution in [0, 0.1) is 0 Å². The van der Waals surface area contributed by atoms with Gasteiger partial charge < -0.3 is 10.2 Å². The summed E-state index contributed by atoms with van der Waals surface area (Å²) >= 11 is 0. The molecule has 1 aromatic rings. The van der Waals surface area contributed by atoms with Crippen LogP contribution in [0.1, 0.15) is 26.3 Å². The zero-order valence-corrected chi connectivity index (χ0v) is 7.63. The van der Waals surface area contributed by atoms with Crippen LogP contribution >= 0.6 is 0 Å². The van der Waals surface area contributed by atoms with Crippen LogP contribution in [0.15, 0.2) is 18.2 Å². The van der Waals surface area contributed by atoms with Gasteiger partial charge in [0, 0.05) is 5.56 Å². The van der Waals surface area contributed by atoms with Crippen molar-refractivity contribution in [2.45, 2.75) is 26.2 Å². The average Bonchev–Trinajstić information content (AvgIpc) is 1.92. The Morgan fingerprint density at radius 1 is 1.08 bits per heavy atom. The number of rotatable bonds is 0. The molecule has 0 unspecified atom stereocenters. The van der Waals surface area contributed by atoms with Crippen LogP contribution in [-0.2, 0) is 5.41 Å². The van der Waals surface area contributed by atoms with Crippen LogP contribution in [0.25, 0.3) is 0 Å². The Hall–Kier alpha value is -0.180. The fourth-order valence-corrected chi connectivity index (χ4v) is 1.12. The van der Waals surface area contributed by atoms with Gasteiger partial charge in [-0.25, -0.2) is 0 Å². The van der Waals surface area contributed by atoms with E-state index in [9.17, 15) is 10.2 Å². The van der Waals surface area contributed by atoms with Crippen LogP contribution in [-0.4, -0.2) is 39.8 Å². The van der Waals surface area contributed by atoms with Gasteiger partial charge in [-0.05, 0) is 23.6 Å². The van der Waals surface area contributed by atoms with E-state index in [2.05, 4.69) is 0 Å². The molecule has 0 spiro atoms. The summed E-state index contributed by atoms with van der Waals surface area (Å²) in [5.41, 5.74) is 0.630. The van der Waals surface area contributed by atoms with Crippen LogP contribution < -0.4 is 0 Å². The Bertz CT molecular complexity index is 289. The van der Waals surface area contributed by atoms with E-state index in [1.807, 2.05) is 20.8 Å². The van der Waals surface area contributed by atoms with Crippen molar-refractivity contribution in [1.29, 1.82) is 0 Å². The molecule has 0 saturated carbocycles. The molecule has 0 saturated heterocycles. The molecule has 0 radical (unpaired) electrons. The maximum atomic E-state index is 9.46. The van der Waals surface area contributed by atoms with Crippen LogP contribution in [0.5, 0.6) is 11.5 Å². The number of hydrogen-bond acceptors (Lipinski definition) is 2. The van der Waals surface area contributed by atoms with Crippen LogP contribution in [0.4, 0.5) is 0 Å². The van der Waals surface area contributed by atoms with E-state index in [4.69, 9.17) is 0 Å². The monoisotopic (exact) mass is 190 g/mol. The van der Waals surface area contributed by atoms with Gasteiger partial charge in [-0.15, -0.1) is 0 Å². The van der Waals surface area contributed by atoms with Gasteiger partial charge in [-0.3, -0.25) is 0 Å². The zero-order valence-electron chi connectivity index (χ0n) is 7.63. The van der Waals surface area contributed by atoms with Gasteiger partial charge in [0.1, 0.15) is 11.5 Å². The molecular formula is C10H15NaO2. The molecular weight excluding hydrogens is 175 g/mol. The quantitative estimate of drug-likeness (QED) is 0.483. The normalized spacial score (nSPS) is 10.7. The van der Waals surface area contributed by atoms with E-state index >= 15 is 0 Å².